The molecule has 0 amide bonds. The van der Waals surface area contributed by atoms with Gasteiger partial charge in [0.05, 0.1) is 0 Å². The molecule has 0 unspecified atom stereocenters. The monoisotopic (exact) mass is 295 g/mol. The summed E-state index contributed by atoms with van der Waals surface area (Å²) in [5.74, 6) is -0.902. The van der Waals surface area contributed by atoms with Crippen molar-refractivity contribution in [2.45, 2.75) is 10.5 Å². The molecule has 1 rings (SSSR count). The Morgan fingerprint density at radius 1 is 1.46 bits per heavy atom. The second-order valence-electron chi connectivity index (χ2n) is 2.57. The van der Waals surface area contributed by atoms with Gasteiger partial charge in [0.1, 0.15) is 0 Å². The SMILES string of the molecule is N[C@@H](C[Te]c1ccccc1)C(=O)O. The zero-order valence-corrected chi connectivity index (χ0v) is 9.34. The fraction of sp³-hybridized carbons (Fsp3) is 0.222. The number of nitrogens with two attached hydrogens (primary N) is 1. The van der Waals surface area contributed by atoms with Crippen molar-refractivity contribution in [2.24, 2.45) is 5.73 Å². The van der Waals surface area contributed by atoms with E-state index in [1.807, 2.05) is 30.3 Å². The fourth-order valence-corrected chi connectivity index (χ4v) is 3.24. The predicted molar refractivity (Wildman–Crippen MR) is 52.2 cm³/mol. The van der Waals surface area contributed by atoms with Crippen molar-refractivity contribution >= 4 is 30.5 Å². The van der Waals surface area contributed by atoms with Crippen LogP contribution in [0, 0.1) is 0 Å². The molecule has 3 N–H and O–H groups in total. The zero-order chi connectivity index (χ0) is 9.68. The zero-order valence-electron chi connectivity index (χ0n) is 7.01. The first-order valence-corrected chi connectivity index (χ1v) is 6.67. The van der Waals surface area contributed by atoms with Gasteiger partial charge in [0.25, 0.3) is 0 Å². The third-order valence-electron chi connectivity index (χ3n) is 1.49. The van der Waals surface area contributed by atoms with Crippen molar-refractivity contribution in [2.75, 3.05) is 0 Å². The predicted octanol–water partition coefficient (Wildman–Crippen LogP) is -0.154. The molecule has 4 heteroatoms. The Bertz CT molecular complexity index is 276. The van der Waals surface area contributed by atoms with Crippen molar-refractivity contribution in [3.05, 3.63) is 30.3 Å². The molecule has 0 spiro atoms. The number of carbonyl (C=O) groups is 1. The molecule has 1 aromatic rings. The van der Waals surface area contributed by atoms with E-state index in [1.165, 1.54) is 3.61 Å². The van der Waals surface area contributed by atoms with Crippen LogP contribution in [-0.4, -0.2) is 38.0 Å². The third kappa shape index (κ3) is 3.77. The van der Waals surface area contributed by atoms with Crippen LogP contribution < -0.4 is 9.35 Å². The first-order valence-electron chi connectivity index (χ1n) is 3.86. The molecule has 0 saturated carbocycles. The van der Waals surface area contributed by atoms with Crippen LogP contribution in [0.2, 0.25) is 4.47 Å². The van der Waals surface area contributed by atoms with Gasteiger partial charge in [-0.15, -0.1) is 0 Å². The number of benzene rings is 1. The molecule has 1 atom stereocenters. The standard InChI is InChI=1S/C9H11NO2Te/c10-8(9(11)12)6-13-7-4-2-1-3-5-7/h1-5,8H,6,10H2,(H,11,12)/t8-/m0/s1. The fourth-order valence-electron chi connectivity index (χ4n) is 0.774. The summed E-state index contributed by atoms with van der Waals surface area (Å²) >= 11 is -0.429. The topological polar surface area (TPSA) is 63.3 Å². The Kier molecular flexibility index (Phi) is 4.23. The molecule has 0 aliphatic rings. The second-order valence-corrected chi connectivity index (χ2v) is 5.69. The van der Waals surface area contributed by atoms with E-state index in [0.29, 0.717) is 4.47 Å². The van der Waals surface area contributed by atoms with Crippen LogP contribution in [0.15, 0.2) is 30.3 Å². The molecule has 0 fully saturated rings. The van der Waals surface area contributed by atoms with Gasteiger partial charge < -0.3 is 0 Å². The van der Waals surface area contributed by atoms with E-state index in [0.717, 1.165) is 0 Å². The van der Waals surface area contributed by atoms with E-state index in [-0.39, 0.29) is 0 Å². The molecule has 0 aromatic heterocycles. The summed E-state index contributed by atoms with van der Waals surface area (Å²) in [5.41, 5.74) is 5.40. The Balaban J connectivity index is 2.39. The van der Waals surface area contributed by atoms with Crippen LogP contribution in [0.1, 0.15) is 0 Å². The molecular formula is C9H11NO2Te. The molecule has 0 aliphatic carbocycles. The second kappa shape index (κ2) is 5.23. The van der Waals surface area contributed by atoms with Gasteiger partial charge in [-0.25, -0.2) is 0 Å². The van der Waals surface area contributed by atoms with Gasteiger partial charge in [0, 0.05) is 0 Å². The molecule has 0 heterocycles. The van der Waals surface area contributed by atoms with E-state index >= 15 is 0 Å². The van der Waals surface area contributed by atoms with E-state index < -0.39 is 32.9 Å². The van der Waals surface area contributed by atoms with Gasteiger partial charge in [-0.2, -0.15) is 0 Å². The van der Waals surface area contributed by atoms with Crippen LogP contribution in [-0.2, 0) is 4.79 Å². The number of rotatable bonds is 4. The first kappa shape index (κ1) is 10.5. The van der Waals surface area contributed by atoms with Crippen molar-refractivity contribution in [1.82, 2.24) is 0 Å². The van der Waals surface area contributed by atoms with Gasteiger partial charge in [0.15, 0.2) is 0 Å². The van der Waals surface area contributed by atoms with Crippen LogP contribution in [0.25, 0.3) is 0 Å². The molecule has 70 valence electrons. The quantitative estimate of drug-likeness (QED) is 0.759. The van der Waals surface area contributed by atoms with E-state index in [1.54, 1.807) is 0 Å². The molecule has 13 heavy (non-hydrogen) atoms. The summed E-state index contributed by atoms with van der Waals surface area (Å²) in [4.78, 5) is 10.4. The number of aliphatic carboxylic acids is 1. The molecule has 0 saturated heterocycles. The summed E-state index contributed by atoms with van der Waals surface area (Å²) in [6, 6.07) is 9.24. The normalized spacial score (nSPS) is 12.4. The maximum absolute atomic E-state index is 10.4. The van der Waals surface area contributed by atoms with Crippen molar-refractivity contribution < 1.29 is 9.90 Å². The summed E-state index contributed by atoms with van der Waals surface area (Å²) in [7, 11) is 0. The van der Waals surface area contributed by atoms with Gasteiger partial charge in [0.2, 0.25) is 0 Å². The van der Waals surface area contributed by atoms with E-state index in [9.17, 15) is 4.79 Å². The molecule has 1 aromatic carbocycles. The average Bonchev–Trinajstić information content (AvgIpc) is 2.15. The van der Waals surface area contributed by atoms with E-state index in [4.69, 9.17) is 10.8 Å². The first-order chi connectivity index (χ1) is 6.20. The number of carboxylic acids is 1. The Hall–Kier alpha value is -0.560. The Morgan fingerprint density at radius 3 is 2.62 bits per heavy atom. The summed E-state index contributed by atoms with van der Waals surface area (Å²) in [6.07, 6.45) is 0. The van der Waals surface area contributed by atoms with Gasteiger partial charge in [-0.3, -0.25) is 0 Å². The van der Waals surface area contributed by atoms with Gasteiger partial charge in [-0.05, 0) is 0 Å². The molecular weight excluding hydrogens is 282 g/mol. The van der Waals surface area contributed by atoms with Crippen molar-refractivity contribution in [3.8, 4) is 0 Å². The summed E-state index contributed by atoms with van der Waals surface area (Å²) in [5, 5.41) is 8.56. The number of hydrogen-bond acceptors (Lipinski definition) is 2. The van der Waals surface area contributed by atoms with Crippen LogP contribution >= 0.6 is 0 Å². The van der Waals surface area contributed by atoms with E-state index in [2.05, 4.69) is 0 Å². The third-order valence-corrected chi connectivity index (χ3v) is 4.72. The van der Waals surface area contributed by atoms with Gasteiger partial charge >= 0.3 is 87.0 Å². The van der Waals surface area contributed by atoms with Crippen LogP contribution in [0.5, 0.6) is 0 Å². The average molecular weight is 293 g/mol. The summed E-state index contributed by atoms with van der Waals surface area (Å²) < 4.78 is 1.87. The Labute approximate surface area is 87.0 Å². The maximum atomic E-state index is 10.4. The van der Waals surface area contributed by atoms with Crippen LogP contribution in [0.4, 0.5) is 0 Å². The van der Waals surface area contributed by atoms with Crippen molar-refractivity contribution in [1.29, 1.82) is 0 Å². The minimum absolute atomic E-state index is 0.429. The van der Waals surface area contributed by atoms with Crippen molar-refractivity contribution in [3.63, 3.8) is 0 Å². The molecule has 0 bridgehead atoms. The molecule has 0 aliphatic heterocycles. The minimum atomic E-state index is -0.902. The van der Waals surface area contributed by atoms with Gasteiger partial charge in [-0.1, -0.05) is 0 Å². The Morgan fingerprint density at radius 2 is 2.08 bits per heavy atom. The molecule has 0 radical (unpaired) electrons. The number of hydrogen-bond donors (Lipinski definition) is 2. The molecule has 3 nitrogen and oxygen atoms in total. The van der Waals surface area contributed by atoms with Crippen LogP contribution in [0.3, 0.4) is 0 Å². The number of carboxylic acid groups (broad SMARTS) is 1. The summed E-state index contributed by atoms with van der Waals surface area (Å²) in [6.45, 7) is 0.